The van der Waals surface area contributed by atoms with Gasteiger partial charge in [0, 0.05) is 13.8 Å². The Morgan fingerprint density at radius 3 is 1.48 bits per heavy atom. The molecule has 2 aromatic rings. The van der Waals surface area contributed by atoms with E-state index in [9.17, 15) is 9.59 Å². The molecule has 0 atom stereocenters. The second kappa shape index (κ2) is 11.0. The molecule has 29 heavy (non-hydrogen) atoms. The van der Waals surface area contributed by atoms with Crippen molar-refractivity contribution in [2.24, 2.45) is 0 Å². The number of carbonyl (C=O) groups is 2. The summed E-state index contributed by atoms with van der Waals surface area (Å²) in [5, 5.41) is 0. The molecule has 0 heterocycles. The van der Waals surface area contributed by atoms with Crippen LogP contribution in [0.3, 0.4) is 0 Å². The first-order chi connectivity index (χ1) is 13.9. The summed E-state index contributed by atoms with van der Waals surface area (Å²) >= 11 is 0. The average Bonchev–Trinajstić information content (AvgIpc) is 2.66. The third-order valence-corrected chi connectivity index (χ3v) is 4.41. The van der Waals surface area contributed by atoms with Crippen molar-refractivity contribution >= 4 is 11.9 Å². The maximum atomic E-state index is 11.3. The minimum absolute atomic E-state index is 0.329. The van der Waals surface area contributed by atoms with E-state index in [0.717, 1.165) is 30.4 Å². The van der Waals surface area contributed by atoms with Crippen molar-refractivity contribution in [2.75, 3.05) is 0 Å². The lowest BCUT2D eigenvalue weighted by molar-refractivity contribution is -0.132. The minimum atomic E-state index is -0.329. The Kier molecular flexibility index (Phi) is 8.41. The average molecular weight is 392 g/mol. The van der Waals surface area contributed by atoms with E-state index in [1.54, 1.807) is 0 Å². The van der Waals surface area contributed by atoms with E-state index in [2.05, 4.69) is 12.2 Å². The second-order valence-electron chi connectivity index (χ2n) is 6.77. The smallest absolute Gasteiger partial charge is 0.308 e. The van der Waals surface area contributed by atoms with Gasteiger partial charge in [-0.2, -0.15) is 0 Å². The Balaban J connectivity index is 2.39. The SMILES string of the molecule is CC=CCc1cc(OC(C)=O)ccc1Cc1ccc(OC(C)=O)cc1CC=CC. The van der Waals surface area contributed by atoms with Crippen molar-refractivity contribution in [3.05, 3.63) is 83.0 Å². The monoisotopic (exact) mass is 392 g/mol. The van der Waals surface area contributed by atoms with Gasteiger partial charge in [-0.05, 0) is 79.6 Å². The van der Waals surface area contributed by atoms with Gasteiger partial charge in [-0.3, -0.25) is 9.59 Å². The lowest BCUT2D eigenvalue weighted by Crippen LogP contribution is -2.05. The van der Waals surface area contributed by atoms with E-state index in [4.69, 9.17) is 9.47 Å². The predicted molar refractivity (Wildman–Crippen MR) is 115 cm³/mol. The van der Waals surface area contributed by atoms with Crippen LogP contribution in [-0.4, -0.2) is 11.9 Å². The first-order valence-corrected chi connectivity index (χ1v) is 9.75. The molecule has 0 aliphatic heterocycles. The van der Waals surface area contributed by atoms with Crippen molar-refractivity contribution in [3.8, 4) is 11.5 Å². The van der Waals surface area contributed by atoms with Gasteiger partial charge in [0.05, 0.1) is 0 Å². The van der Waals surface area contributed by atoms with Gasteiger partial charge in [0.1, 0.15) is 11.5 Å². The van der Waals surface area contributed by atoms with Gasteiger partial charge in [0.15, 0.2) is 0 Å². The van der Waals surface area contributed by atoms with Crippen molar-refractivity contribution in [3.63, 3.8) is 0 Å². The van der Waals surface area contributed by atoms with E-state index >= 15 is 0 Å². The highest BCUT2D eigenvalue weighted by molar-refractivity contribution is 5.70. The number of allylic oxidation sites excluding steroid dienone is 4. The molecule has 152 valence electrons. The molecule has 0 aromatic heterocycles. The van der Waals surface area contributed by atoms with Crippen LogP contribution >= 0.6 is 0 Å². The first kappa shape index (κ1) is 22.2. The van der Waals surface area contributed by atoms with Crippen molar-refractivity contribution in [2.45, 2.75) is 47.0 Å². The molecular formula is C25H28O4. The summed E-state index contributed by atoms with van der Waals surface area (Å²) in [4.78, 5) is 22.6. The van der Waals surface area contributed by atoms with Crippen LogP contribution in [0.1, 0.15) is 49.9 Å². The highest BCUT2D eigenvalue weighted by Crippen LogP contribution is 2.26. The highest BCUT2D eigenvalue weighted by atomic mass is 16.5. The van der Waals surface area contributed by atoms with Crippen molar-refractivity contribution in [1.82, 2.24) is 0 Å². The van der Waals surface area contributed by atoms with Gasteiger partial charge in [0.25, 0.3) is 0 Å². The minimum Gasteiger partial charge on any atom is -0.427 e. The standard InChI is InChI=1S/C25H28O4/c1-5-7-9-20-16-24(28-18(3)26)13-11-22(20)15-23-12-14-25(29-19(4)27)17-21(23)10-8-6-2/h5-8,11-14,16-17H,9-10,15H2,1-4H3. The van der Waals surface area contributed by atoms with E-state index in [1.165, 1.54) is 25.0 Å². The summed E-state index contributed by atoms with van der Waals surface area (Å²) < 4.78 is 10.5. The Hall–Kier alpha value is -3.14. The molecule has 0 radical (unpaired) electrons. The lowest BCUT2D eigenvalue weighted by Gasteiger charge is -2.14. The molecular weight excluding hydrogens is 364 g/mol. The zero-order valence-electron chi connectivity index (χ0n) is 17.5. The van der Waals surface area contributed by atoms with Crippen LogP contribution < -0.4 is 9.47 Å². The third kappa shape index (κ3) is 7.07. The Bertz CT molecular complexity index is 847. The molecule has 0 N–H and O–H groups in total. The molecule has 0 saturated heterocycles. The van der Waals surface area contributed by atoms with Crippen LogP contribution in [0.5, 0.6) is 11.5 Å². The predicted octanol–water partition coefficient (Wildman–Crippen LogP) is 5.37. The Labute approximate surface area is 172 Å². The van der Waals surface area contributed by atoms with Crippen LogP contribution in [0.15, 0.2) is 60.7 Å². The zero-order chi connectivity index (χ0) is 21.2. The zero-order valence-corrected chi connectivity index (χ0v) is 17.5. The maximum absolute atomic E-state index is 11.3. The quantitative estimate of drug-likeness (QED) is 0.344. The van der Waals surface area contributed by atoms with Gasteiger partial charge in [0.2, 0.25) is 0 Å². The molecule has 2 aromatic carbocycles. The van der Waals surface area contributed by atoms with Gasteiger partial charge in [-0.25, -0.2) is 0 Å². The lowest BCUT2D eigenvalue weighted by atomic mass is 9.93. The number of hydrogen-bond acceptors (Lipinski definition) is 4. The summed E-state index contributed by atoms with van der Waals surface area (Å²) in [6.07, 6.45) is 10.4. The largest absolute Gasteiger partial charge is 0.427 e. The summed E-state index contributed by atoms with van der Waals surface area (Å²) in [7, 11) is 0. The summed E-state index contributed by atoms with van der Waals surface area (Å²) in [5.41, 5.74) is 4.56. The molecule has 0 saturated carbocycles. The Morgan fingerprint density at radius 2 is 1.14 bits per heavy atom. The molecule has 0 bridgehead atoms. The fraction of sp³-hybridized carbons (Fsp3) is 0.280. The molecule has 0 amide bonds. The van der Waals surface area contributed by atoms with Gasteiger partial charge < -0.3 is 9.47 Å². The van der Waals surface area contributed by atoms with E-state index in [0.29, 0.717) is 11.5 Å². The van der Waals surface area contributed by atoms with Crippen LogP contribution in [0.4, 0.5) is 0 Å². The van der Waals surface area contributed by atoms with Gasteiger partial charge >= 0.3 is 11.9 Å². The topological polar surface area (TPSA) is 52.6 Å². The summed E-state index contributed by atoms with van der Waals surface area (Å²) in [5.74, 6) is 0.453. The molecule has 0 spiro atoms. The second-order valence-corrected chi connectivity index (χ2v) is 6.77. The van der Waals surface area contributed by atoms with Crippen LogP contribution in [0, 0.1) is 0 Å². The molecule has 0 unspecified atom stereocenters. The van der Waals surface area contributed by atoms with Gasteiger partial charge in [-0.1, -0.05) is 36.4 Å². The molecule has 0 aliphatic rings. The number of rotatable bonds is 8. The molecule has 4 heteroatoms. The number of ether oxygens (including phenoxy) is 2. The molecule has 0 fully saturated rings. The third-order valence-electron chi connectivity index (χ3n) is 4.41. The maximum Gasteiger partial charge on any atom is 0.308 e. The summed E-state index contributed by atoms with van der Waals surface area (Å²) in [6.45, 7) is 6.77. The number of hydrogen-bond donors (Lipinski definition) is 0. The number of benzene rings is 2. The molecule has 4 nitrogen and oxygen atoms in total. The number of esters is 2. The van der Waals surface area contributed by atoms with E-state index in [1.807, 2.05) is 62.4 Å². The number of carbonyl (C=O) groups excluding carboxylic acids is 2. The van der Waals surface area contributed by atoms with Crippen LogP contribution in [0.25, 0.3) is 0 Å². The van der Waals surface area contributed by atoms with Crippen molar-refractivity contribution in [1.29, 1.82) is 0 Å². The highest BCUT2D eigenvalue weighted by Gasteiger charge is 2.11. The first-order valence-electron chi connectivity index (χ1n) is 9.75. The van der Waals surface area contributed by atoms with Crippen molar-refractivity contribution < 1.29 is 19.1 Å². The Morgan fingerprint density at radius 1 is 0.724 bits per heavy atom. The fourth-order valence-corrected chi connectivity index (χ4v) is 3.08. The normalized spacial score (nSPS) is 11.2. The summed E-state index contributed by atoms with van der Waals surface area (Å²) in [6, 6.07) is 11.5. The molecule has 2 rings (SSSR count). The van der Waals surface area contributed by atoms with Crippen LogP contribution in [-0.2, 0) is 28.9 Å². The fourth-order valence-electron chi connectivity index (χ4n) is 3.08. The van der Waals surface area contributed by atoms with Crippen LogP contribution in [0.2, 0.25) is 0 Å². The van der Waals surface area contributed by atoms with E-state index < -0.39 is 0 Å². The van der Waals surface area contributed by atoms with E-state index in [-0.39, 0.29) is 11.9 Å². The van der Waals surface area contributed by atoms with Gasteiger partial charge in [-0.15, -0.1) is 0 Å². The molecule has 0 aliphatic carbocycles.